The molecule has 0 saturated heterocycles. The van der Waals surface area contributed by atoms with Gasteiger partial charge in [0.05, 0.1) is 5.56 Å². The molecule has 0 amide bonds. The highest BCUT2D eigenvalue weighted by Gasteiger charge is 2.26. The molecular weight excluding hydrogens is 284 g/mol. The van der Waals surface area contributed by atoms with Crippen LogP contribution in [0.2, 0.25) is 0 Å². The van der Waals surface area contributed by atoms with Gasteiger partial charge in [-0.2, -0.15) is 0 Å². The standard InChI is InChI=1S/C14H7F2NO2S/c15-8-3-4-10(11(16)6-8)13-17-12(14(18)19-13)7-9-2-1-5-20-9/h1-7H/b12-7-. The summed E-state index contributed by atoms with van der Waals surface area (Å²) in [5.74, 6) is -2.34. The van der Waals surface area contributed by atoms with E-state index in [9.17, 15) is 13.6 Å². The fraction of sp³-hybridized carbons (Fsp3) is 0. The number of carbonyl (C=O) groups excluding carboxylic acids is 1. The molecule has 3 rings (SSSR count). The molecule has 0 bridgehead atoms. The normalized spacial score (nSPS) is 16.4. The Labute approximate surface area is 116 Å². The number of carbonyl (C=O) groups is 1. The number of nitrogens with zero attached hydrogens (tertiary/aromatic N) is 1. The maximum Gasteiger partial charge on any atom is 0.363 e. The van der Waals surface area contributed by atoms with Gasteiger partial charge in [0.1, 0.15) is 11.6 Å². The van der Waals surface area contributed by atoms with Gasteiger partial charge in [0, 0.05) is 10.9 Å². The number of aliphatic imine (C=N–C) groups is 1. The summed E-state index contributed by atoms with van der Waals surface area (Å²) < 4.78 is 31.4. The number of halogens is 2. The molecule has 2 heterocycles. The van der Waals surface area contributed by atoms with Gasteiger partial charge in [-0.15, -0.1) is 11.3 Å². The molecule has 0 radical (unpaired) electrons. The van der Waals surface area contributed by atoms with Gasteiger partial charge >= 0.3 is 5.97 Å². The molecule has 0 fully saturated rings. The highest BCUT2D eigenvalue weighted by molar-refractivity contribution is 7.10. The van der Waals surface area contributed by atoms with Crippen LogP contribution in [-0.2, 0) is 9.53 Å². The third kappa shape index (κ3) is 2.37. The lowest BCUT2D eigenvalue weighted by molar-refractivity contribution is -0.129. The lowest BCUT2D eigenvalue weighted by atomic mass is 10.2. The highest BCUT2D eigenvalue weighted by Crippen LogP contribution is 2.22. The zero-order valence-corrected chi connectivity index (χ0v) is 10.8. The van der Waals surface area contributed by atoms with Crippen molar-refractivity contribution in [3.05, 3.63) is 63.5 Å². The van der Waals surface area contributed by atoms with Crippen molar-refractivity contribution in [2.45, 2.75) is 0 Å². The van der Waals surface area contributed by atoms with Crippen LogP contribution in [0.15, 0.2) is 46.4 Å². The second kappa shape index (κ2) is 4.97. The van der Waals surface area contributed by atoms with Gasteiger partial charge in [-0.3, -0.25) is 0 Å². The molecule has 1 aromatic carbocycles. The Bertz CT molecular complexity index is 736. The van der Waals surface area contributed by atoms with Crippen LogP contribution < -0.4 is 0 Å². The van der Waals surface area contributed by atoms with Crippen molar-refractivity contribution < 1.29 is 18.3 Å². The topological polar surface area (TPSA) is 38.7 Å². The van der Waals surface area contributed by atoms with Gasteiger partial charge in [0.2, 0.25) is 5.90 Å². The Hall–Kier alpha value is -2.34. The fourth-order valence-electron chi connectivity index (χ4n) is 1.70. The summed E-state index contributed by atoms with van der Waals surface area (Å²) in [5, 5.41) is 1.86. The molecule has 0 spiro atoms. The van der Waals surface area contributed by atoms with E-state index in [0.29, 0.717) is 6.07 Å². The molecule has 0 aliphatic carbocycles. The lowest BCUT2D eigenvalue weighted by Gasteiger charge is -2.00. The minimum atomic E-state index is -0.825. The summed E-state index contributed by atoms with van der Waals surface area (Å²) in [6.07, 6.45) is 1.56. The number of hydrogen-bond donors (Lipinski definition) is 0. The van der Waals surface area contributed by atoms with E-state index in [1.54, 1.807) is 6.08 Å². The molecule has 3 nitrogen and oxygen atoms in total. The number of esters is 1. The molecule has 1 aliphatic heterocycles. The second-order valence-corrected chi connectivity index (χ2v) is 4.95. The van der Waals surface area contributed by atoms with Crippen LogP contribution in [0.5, 0.6) is 0 Å². The van der Waals surface area contributed by atoms with E-state index in [-0.39, 0.29) is 17.2 Å². The Morgan fingerprint density at radius 3 is 2.80 bits per heavy atom. The first-order valence-corrected chi connectivity index (χ1v) is 6.53. The summed E-state index contributed by atoms with van der Waals surface area (Å²) in [6.45, 7) is 0. The molecule has 20 heavy (non-hydrogen) atoms. The number of cyclic esters (lactones) is 1. The van der Waals surface area contributed by atoms with E-state index in [4.69, 9.17) is 4.74 Å². The molecular formula is C14H7F2NO2S. The van der Waals surface area contributed by atoms with E-state index < -0.39 is 17.6 Å². The van der Waals surface area contributed by atoms with Crippen molar-refractivity contribution in [2.24, 2.45) is 4.99 Å². The van der Waals surface area contributed by atoms with Gasteiger partial charge in [0.15, 0.2) is 5.70 Å². The van der Waals surface area contributed by atoms with Crippen molar-refractivity contribution in [1.82, 2.24) is 0 Å². The fourth-order valence-corrected chi connectivity index (χ4v) is 2.35. The summed E-state index contributed by atoms with van der Waals surface area (Å²) in [4.78, 5) is 16.5. The molecule has 0 atom stereocenters. The van der Waals surface area contributed by atoms with Gasteiger partial charge in [-0.1, -0.05) is 6.07 Å². The minimum absolute atomic E-state index is 0.0469. The maximum absolute atomic E-state index is 13.6. The van der Waals surface area contributed by atoms with Crippen molar-refractivity contribution in [3.63, 3.8) is 0 Å². The predicted octanol–water partition coefficient (Wildman–Crippen LogP) is 3.37. The van der Waals surface area contributed by atoms with Gasteiger partial charge < -0.3 is 4.74 Å². The SMILES string of the molecule is O=C1OC(c2ccc(F)cc2F)=N/C1=C\c1cccs1. The lowest BCUT2D eigenvalue weighted by Crippen LogP contribution is -2.07. The minimum Gasteiger partial charge on any atom is -0.402 e. The van der Waals surface area contributed by atoms with E-state index in [1.165, 1.54) is 17.4 Å². The summed E-state index contributed by atoms with van der Waals surface area (Å²) in [7, 11) is 0. The zero-order chi connectivity index (χ0) is 14.1. The van der Waals surface area contributed by atoms with E-state index in [0.717, 1.165) is 10.9 Å². The zero-order valence-electron chi connectivity index (χ0n) is 9.97. The molecule has 0 saturated carbocycles. The molecule has 0 unspecified atom stereocenters. The number of hydrogen-bond acceptors (Lipinski definition) is 4. The third-order valence-electron chi connectivity index (χ3n) is 2.60. The summed E-state index contributed by atoms with van der Waals surface area (Å²) >= 11 is 1.44. The number of benzene rings is 1. The Kier molecular flexibility index (Phi) is 3.15. The average Bonchev–Trinajstić information content (AvgIpc) is 3.01. The van der Waals surface area contributed by atoms with Crippen molar-refractivity contribution in [1.29, 1.82) is 0 Å². The first-order valence-electron chi connectivity index (χ1n) is 5.65. The smallest absolute Gasteiger partial charge is 0.363 e. The van der Waals surface area contributed by atoms with Crippen LogP contribution in [0.1, 0.15) is 10.4 Å². The van der Waals surface area contributed by atoms with Gasteiger partial charge in [0.25, 0.3) is 0 Å². The molecule has 0 N–H and O–H groups in total. The Morgan fingerprint density at radius 2 is 2.10 bits per heavy atom. The van der Waals surface area contributed by atoms with E-state index >= 15 is 0 Å². The third-order valence-corrected chi connectivity index (χ3v) is 3.42. The largest absolute Gasteiger partial charge is 0.402 e. The summed E-state index contributed by atoms with van der Waals surface area (Å²) in [5.41, 5.74) is 0.0421. The predicted molar refractivity (Wildman–Crippen MR) is 71.3 cm³/mol. The average molecular weight is 291 g/mol. The van der Waals surface area contributed by atoms with E-state index in [2.05, 4.69) is 4.99 Å². The second-order valence-electron chi connectivity index (χ2n) is 3.98. The monoisotopic (exact) mass is 291 g/mol. The Morgan fingerprint density at radius 1 is 1.25 bits per heavy atom. The van der Waals surface area contributed by atoms with Crippen LogP contribution in [-0.4, -0.2) is 11.9 Å². The molecule has 100 valence electrons. The Balaban J connectivity index is 1.98. The van der Waals surface area contributed by atoms with E-state index in [1.807, 2.05) is 17.5 Å². The van der Waals surface area contributed by atoms with Crippen LogP contribution >= 0.6 is 11.3 Å². The summed E-state index contributed by atoms with van der Waals surface area (Å²) in [6, 6.07) is 6.63. The number of thiophene rings is 1. The van der Waals surface area contributed by atoms with Gasteiger partial charge in [-0.25, -0.2) is 18.6 Å². The van der Waals surface area contributed by atoms with Crippen molar-refractivity contribution in [3.8, 4) is 0 Å². The molecule has 1 aromatic heterocycles. The number of ether oxygens (including phenoxy) is 1. The quantitative estimate of drug-likeness (QED) is 0.628. The van der Waals surface area contributed by atoms with Crippen LogP contribution in [0.3, 0.4) is 0 Å². The van der Waals surface area contributed by atoms with Crippen molar-refractivity contribution in [2.75, 3.05) is 0 Å². The maximum atomic E-state index is 13.6. The molecule has 1 aliphatic rings. The van der Waals surface area contributed by atoms with Gasteiger partial charge in [-0.05, 0) is 29.7 Å². The highest BCUT2D eigenvalue weighted by atomic mass is 32.1. The van der Waals surface area contributed by atoms with Crippen LogP contribution in [0, 0.1) is 11.6 Å². The first-order chi connectivity index (χ1) is 9.63. The first kappa shape index (κ1) is 12.7. The van der Waals surface area contributed by atoms with Crippen LogP contribution in [0.4, 0.5) is 8.78 Å². The number of rotatable bonds is 2. The van der Waals surface area contributed by atoms with Crippen molar-refractivity contribution >= 4 is 29.3 Å². The molecule has 2 aromatic rings. The van der Waals surface area contributed by atoms with Crippen LogP contribution in [0.25, 0.3) is 6.08 Å². The molecule has 6 heteroatoms.